The lowest BCUT2D eigenvalue weighted by Crippen LogP contribution is -2.29. The monoisotopic (exact) mass is 572 g/mol. The zero-order chi connectivity index (χ0) is 29.4. The second kappa shape index (κ2) is 11.5. The zero-order valence-electron chi connectivity index (χ0n) is 24.8. The molecule has 0 aliphatic carbocycles. The highest BCUT2D eigenvalue weighted by molar-refractivity contribution is 7.80. The van der Waals surface area contributed by atoms with Gasteiger partial charge in [0.25, 0.3) is 0 Å². The highest BCUT2D eigenvalue weighted by atomic mass is 32.1. The lowest BCUT2D eigenvalue weighted by atomic mass is 9.96. The van der Waals surface area contributed by atoms with Gasteiger partial charge in [-0.25, -0.2) is 0 Å². The van der Waals surface area contributed by atoms with Crippen molar-refractivity contribution < 1.29 is 4.74 Å². The van der Waals surface area contributed by atoms with Crippen molar-refractivity contribution in [2.75, 3.05) is 4.90 Å². The Morgan fingerprint density at radius 2 is 1.57 bits per heavy atom. The van der Waals surface area contributed by atoms with Crippen molar-refractivity contribution in [2.24, 2.45) is 0 Å². The van der Waals surface area contributed by atoms with Crippen molar-refractivity contribution in [3.63, 3.8) is 0 Å². The van der Waals surface area contributed by atoms with Crippen molar-refractivity contribution >= 4 is 23.0 Å². The average Bonchev–Trinajstić information content (AvgIpc) is 3.49. The number of anilines is 1. The molecule has 2 atom stereocenters. The molecule has 5 nitrogen and oxygen atoms in total. The lowest BCUT2D eigenvalue weighted by molar-refractivity contribution is 0.482. The molecule has 0 amide bonds. The van der Waals surface area contributed by atoms with E-state index < -0.39 is 0 Å². The third-order valence-corrected chi connectivity index (χ3v) is 8.50. The van der Waals surface area contributed by atoms with Crippen LogP contribution >= 0.6 is 12.2 Å². The molecule has 6 rings (SSSR count). The van der Waals surface area contributed by atoms with Crippen LogP contribution < -0.4 is 15.0 Å². The Morgan fingerprint density at radius 1 is 0.857 bits per heavy atom. The van der Waals surface area contributed by atoms with Gasteiger partial charge in [-0.1, -0.05) is 48.9 Å². The van der Waals surface area contributed by atoms with Crippen molar-refractivity contribution in [2.45, 2.75) is 53.1 Å². The fourth-order valence-corrected chi connectivity index (χ4v) is 6.47. The number of aromatic nitrogens is 2. The molecule has 0 radical (unpaired) electrons. The number of pyridine rings is 1. The van der Waals surface area contributed by atoms with E-state index >= 15 is 0 Å². The predicted octanol–water partition coefficient (Wildman–Crippen LogP) is 8.64. The Kier molecular flexibility index (Phi) is 7.56. The maximum absolute atomic E-state index is 6.12. The van der Waals surface area contributed by atoms with E-state index in [1.807, 2.05) is 42.6 Å². The molecule has 3 heterocycles. The third-order valence-electron chi connectivity index (χ3n) is 8.18. The van der Waals surface area contributed by atoms with Crippen LogP contribution in [-0.2, 0) is 6.42 Å². The first-order valence-electron chi connectivity index (χ1n) is 14.5. The number of nitrogens with one attached hydrogen (secondary N) is 1. The molecule has 3 aromatic carbocycles. The van der Waals surface area contributed by atoms with E-state index in [1.165, 1.54) is 39.3 Å². The number of hydrogen-bond acceptors (Lipinski definition) is 3. The first kappa shape index (κ1) is 27.7. The smallest absolute Gasteiger partial charge is 0.174 e. The van der Waals surface area contributed by atoms with Gasteiger partial charge in [0.05, 0.1) is 23.5 Å². The van der Waals surface area contributed by atoms with Crippen molar-refractivity contribution in [3.8, 4) is 17.2 Å². The number of thiocarbonyl (C=S) groups is 1. The van der Waals surface area contributed by atoms with Gasteiger partial charge in [0, 0.05) is 23.3 Å². The Balaban J connectivity index is 1.43. The Labute approximate surface area is 253 Å². The average molecular weight is 573 g/mol. The molecule has 0 spiro atoms. The number of rotatable bonds is 7. The van der Waals surface area contributed by atoms with Crippen molar-refractivity contribution in [1.82, 2.24) is 14.9 Å². The van der Waals surface area contributed by atoms with Crippen LogP contribution in [0.1, 0.15) is 58.3 Å². The summed E-state index contributed by atoms with van der Waals surface area (Å²) in [5.41, 5.74) is 10.7. The predicted molar refractivity (Wildman–Crippen MR) is 175 cm³/mol. The van der Waals surface area contributed by atoms with E-state index in [0.717, 1.165) is 29.3 Å². The number of hydrogen-bond donors (Lipinski definition) is 1. The highest BCUT2D eigenvalue weighted by Crippen LogP contribution is 2.44. The van der Waals surface area contributed by atoms with Crippen LogP contribution in [0.25, 0.3) is 5.69 Å². The molecule has 212 valence electrons. The van der Waals surface area contributed by atoms with E-state index in [4.69, 9.17) is 21.9 Å². The summed E-state index contributed by atoms with van der Waals surface area (Å²) >= 11 is 6.01. The summed E-state index contributed by atoms with van der Waals surface area (Å²) in [6.45, 7) is 10.9. The molecular weight excluding hydrogens is 536 g/mol. The minimum Gasteiger partial charge on any atom is -0.457 e. The second-order valence-corrected chi connectivity index (χ2v) is 11.4. The fraction of sp³-hybridized carbons (Fsp3) is 0.222. The summed E-state index contributed by atoms with van der Waals surface area (Å²) in [7, 11) is 0. The standard InChI is InChI=1S/C36H36N4OS/c1-6-27-11-9-10-24(3)34(27)39-25(4)22-31(26(39)5)35-33(32-12-7-8-21-37-32)38-36(42)40(35)28-15-19-30(20-16-28)41-29-17-13-23(2)14-18-29/h7-22,33,35H,6H2,1-5H3,(H,38,42). The van der Waals surface area contributed by atoms with Crippen LogP contribution in [-0.4, -0.2) is 14.7 Å². The molecule has 1 fully saturated rings. The maximum Gasteiger partial charge on any atom is 0.174 e. The molecule has 2 aromatic heterocycles. The summed E-state index contributed by atoms with van der Waals surface area (Å²) in [6, 6.07) is 31.0. The minimum absolute atomic E-state index is 0.0923. The maximum atomic E-state index is 6.12. The molecule has 1 aliphatic rings. The molecular formula is C36H36N4OS. The highest BCUT2D eigenvalue weighted by Gasteiger charge is 2.42. The molecule has 2 unspecified atom stereocenters. The summed E-state index contributed by atoms with van der Waals surface area (Å²) < 4.78 is 8.53. The molecule has 1 aliphatic heterocycles. The van der Waals surface area contributed by atoms with Crippen LogP contribution in [0.3, 0.4) is 0 Å². The number of nitrogens with zero attached hydrogens (tertiary/aromatic N) is 3. The fourth-order valence-electron chi connectivity index (χ4n) is 6.12. The summed E-state index contributed by atoms with van der Waals surface area (Å²) in [4.78, 5) is 6.98. The second-order valence-electron chi connectivity index (χ2n) is 11.0. The van der Waals surface area contributed by atoms with Gasteiger partial charge in [-0.2, -0.15) is 0 Å². The molecule has 6 heteroatoms. The molecule has 0 bridgehead atoms. The van der Waals surface area contributed by atoms with Gasteiger partial charge in [-0.3, -0.25) is 4.98 Å². The van der Waals surface area contributed by atoms with Gasteiger partial charge in [0.15, 0.2) is 5.11 Å². The first-order valence-corrected chi connectivity index (χ1v) is 14.9. The van der Waals surface area contributed by atoms with Gasteiger partial charge < -0.3 is 19.5 Å². The molecule has 1 saturated heterocycles. The first-order chi connectivity index (χ1) is 20.4. The summed E-state index contributed by atoms with van der Waals surface area (Å²) in [5.74, 6) is 1.60. The van der Waals surface area contributed by atoms with Crippen LogP contribution in [0, 0.1) is 27.7 Å². The lowest BCUT2D eigenvalue weighted by Gasteiger charge is -2.28. The van der Waals surface area contributed by atoms with E-state index in [2.05, 4.69) is 104 Å². The SMILES string of the molecule is CCc1cccc(C)c1-n1c(C)cc(C2C(c3ccccn3)NC(=S)N2c2ccc(Oc3ccc(C)cc3)cc2)c1C. The van der Waals surface area contributed by atoms with Crippen LogP contribution in [0.5, 0.6) is 11.5 Å². The topological polar surface area (TPSA) is 42.3 Å². The molecule has 1 N–H and O–H groups in total. The summed E-state index contributed by atoms with van der Waals surface area (Å²) in [6.07, 6.45) is 2.82. The van der Waals surface area contributed by atoms with Gasteiger partial charge in [-0.05, 0) is 118 Å². The van der Waals surface area contributed by atoms with Crippen LogP contribution in [0.15, 0.2) is 97.2 Å². The number of ether oxygens (including phenoxy) is 1. The quantitative estimate of drug-likeness (QED) is 0.198. The third kappa shape index (κ3) is 5.07. The van der Waals surface area contributed by atoms with E-state index in [1.54, 1.807) is 0 Å². The van der Waals surface area contributed by atoms with Gasteiger partial charge in [0.1, 0.15) is 11.5 Å². The Bertz CT molecular complexity index is 1730. The Hall–Kier alpha value is -4.42. The number of aryl methyl sites for hydroxylation is 4. The normalized spacial score (nSPS) is 16.5. The molecule has 42 heavy (non-hydrogen) atoms. The summed E-state index contributed by atoms with van der Waals surface area (Å²) in [5, 5.41) is 4.29. The van der Waals surface area contributed by atoms with Crippen LogP contribution in [0.2, 0.25) is 0 Å². The van der Waals surface area contributed by atoms with Crippen LogP contribution in [0.4, 0.5) is 5.69 Å². The zero-order valence-corrected chi connectivity index (χ0v) is 25.6. The minimum atomic E-state index is -0.112. The molecule has 0 saturated carbocycles. The van der Waals surface area contributed by atoms with Gasteiger partial charge >= 0.3 is 0 Å². The molecule has 5 aromatic rings. The van der Waals surface area contributed by atoms with Crippen molar-refractivity contribution in [3.05, 3.63) is 137 Å². The van der Waals surface area contributed by atoms with E-state index in [9.17, 15) is 0 Å². The number of benzene rings is 3. The van der Waals surface area contributed by atoms with E-state index in [-0.39, 0.29) is 12.1 Å². The largest absolute Gasteiger partial charge is 0.457 e. The van der Waals surface area contributed by atoms with Gasteiger partial charge in [-0.15, -0.1) is 0 Å². The van der Waals surface area contributed by atoms with Crippen molar-refractivity contribution in [1.29, 1.82) is 0 Å². The number of para-hydroxylation sites is 1. The van der Waals surface area contributed by atoms with Gasteiger partial charge in [0.2, 0.25) is 0 Å². The Morgan fingerprint density at radius 3 is 2.24 bits per heavy atom. The van der Waals surface area contributed by atoms with E-state index in [0.29, 0.717) is 5.11 Å².